The fourth-order valence-electron chi connectivity index (χ4n) is 3.05. The molecule has 3 aromatic rings. The zero-order valence-electron chi connectivity index (χ0n) is 14.4. The number of aryl methyl sites for hydroxylation is 1. The van der Waals surface area contributed by atoms with Crippen LogP contribution in [-0.4, -0.2) is 31.5 Å². The number of para-hydroxylation sites is 1. The van der Waals surface area contributed by atoms with E-state index in [1.165, 1.54) is 10.9 Å². The Hall–Kier alpha value is -2.75. The van der Waals surface area contributed by atoms with Crippen molar-refractivity contribution in [3.05, 3.63) is 65.4 Å². The summed E-state index contributed by atoms with van der Waals surface area (Å²) < 4.78 is 0. The Bertz CT molecular complexity index is 864. The van der Waals surface area contributed by atoms with Gasteiger partial charge in [0.25, 0.3) is 5.91 Å². The van der Waals surface area contributed by atoms with Gasteiger partial charge < -0.3 is 15.2 Å². The van der Waals surface area contributed by atoms with E-state index in [9.17, 15) is 4.79 Å². The van der Waals surface area contributed by atoms with Gasteiger partial charge in [0.1, 0.15) is 0 Å². The number of hydrogen-bond donors (Lipinski definition) is 2. The first-order valence-corrected chi connectivity index (χ1v) is 8.17. The number of rotatable bonds is 5. The summed E-state index contributed by atoms with van der Waals surface area (Å²) in [6.45, 7) is 2.65. The predicted molar refractivity (Wildman–Crippen MR) is 99.8 cm³/mol. The van der Waals surface area contributed by atoms with E-state index >= 15 is 0 Å². The molecule has 4 nitrogen and oxygen atoms in total. The number of aromatic nitrogens is 1. The predicted octanol–water partition coefficient (Wildman–Crippen LogP) is 3.51. The van der Waals surface area contributed by atoms with Crippen LogP contribution < -0.4 is 10.2 Å². The van der Waals surface area contributed by atoms with E-state index in [1.807, 2.05) is 62.4 Å². The maximum absolute atomic E-state index is 12.3. The molecule has 0 unspecified atom stereocenters. The monoisotopic (exact) mass is 321 g/mol. The van der Waals surface area contributed by atoms with E-state index in [0.717, 1.165) is 23.2 Å². The van der Waals surface area contributed by atoms with Gasteiger partial charge in [-0.15, -0.1) is 0 Å². The molecule has 0 saturated carbocycles. The third-order valence-electron chi connectivity index (χ3n) is 4.30. The van der Waals surface area contributed by atoms with Crippen molar-refractivity contribution in [2.75, 3.05) is 25.5 Å². The highest BCUT2D eigenvalue weighted by Gasteiger charge is 2.09. The van der Waals surface area contributed by atoms with Crippen LogP contribution in [0.2, 0.25) is 0 Å². The number of nitrogens with one attached hydrogen (secondary N) is 2. The maximum Gasteiger partial charge on any atom is 0.251 e. The normalized spacial score (nSPS) is 10.8. The van der Waals surface area contributed by atoms with Crippen molar-refractivity contribution in [3.8, 4) is 0 Å². The van der Waals surface area contributed by atoms with Crippen LogP contribution in [-0.2, 0) is 6.42 Å². The van der Waals surface area contributed by atoms with Crippen LogP contribution in [0.25, 0.3) is 10.9 Å². The molecule has 124 valence electrons. The summed E-state index contributed by atoms with van der Waals surface area (Å²) in [6, 6.07) is 14.0. The van der Waals surface area contributed by atoms with Crippen molar-refractivity contribution in [2.24, 2.45) is 0 Å². The van der Waals surface area contributed by atoms with Gasteiger partial charge in [0.05, 0.1) is 0 Å². The van der Waals surface area contributed by atoms with Gasteiger partial charge in [-0.1, -0.05) is 18.2 Å². The van der Waals surface area contributed by atoms with E-state index in [4.69, 9.17) is 0 Å². The number of nitrogens with zero attached hydrogens (tertiary/aromatic N) is 1. The average molecular weight is 321 g/mol. The molecule has 1 amide bonds. The van der Waals surface area contributed by atoms with Crippen molar-refractivity contribution in [1.29, 1.82) is 0 Å². The fourth-order valence-corrected chi connectivity index (χ4v) is 3.05. The molecule has 0 saturated heterocycles. The van der Waals surface area contributed by atoms with Gasteiger partial charge in [-0.05, 0) is 48.7 Å². The third-order valence-corrected chi connectivity index (χ3v) is 4.30. The Morgan fingerprint density at radius 2 is 1.96 bits per heavy atom. The lowest BCUT2D eigenvalue weighted by Crippen LogP contribution is -2.25. The summed E-state index contributed by atoms with van der Waals surface area (Å²) in [5.74, 6) is -0.0248. The van der Waals surface area contributed by atoms with Gasteiger partial charge in [-0.3, -0.25) is 4.79 Å². The minimum Gasteiger partial charge on any atom is -0.377 e. The second-order valence-electron chi connectivity index (χ2n) is 6.26. The van der Waals surface area contributed by atoms with Crippen molar-refractivity contribution in [3.63, 3.8) is 0 Å². The average Bonchev–Trinajstić information content (AvgIpc) is 2.97. The number of fused-ring (bicyclic) bond motifs is 1. The minimum atomic E-state index is -0.0248. The molecule has 0 fully saturated rings. The van der Waals surface area contributed by atoms with Crippen LogP contribution in [0.3, 0.4) is 0 Å². The lowest BCUT2D eigenvalue weighted by molar-refractivity contribution is 0.0954. The van der Waals surface area contributed by atoms with Crippen LogP contribution in [0.4, 0.5) is 5.69 Å². The SMILES string of the molecule is Cc1cc(C(=O)NCCc2c[nH]c3ccccc23)ccc1N(C)C. The Kier molecular flexibility index (Phi) is 4.56. The summed E-state index contributed by atoms with van der Waals surface area (Å²) in [7, 11) is 4.01. The lowest BCUT2D eigenvalue weighted by atomic mass is 10.1. The summed E-state index contributed by atoms with van der Waals surface area (Å²) in [4.78, 5) is 17.7. The summed E-state index contributed by atoms with van der Waals surface area (Å²) in [6.07, 6.45) is 2.83. The second-order valence-corrected chi connectivity index (χ2v) is 6.26. The molecule has 0 bridgehead atoms. The standard InChI is InChI=1S/C20H23N3O/c1-14-12-15(8-9-19(14)23(2)3)20(24)21-11-10-16-13-22-18-7-5-4-6-17(16)18/h4-9,12-13,22H,10-11H2,1-3H3,(H,21,24). The number of H-pyrrole nitrogens is 1. The molecular formula is C20H23N3O. The highest BCUT2D eigenvalue weighted by molar-refractivity contribution is 5.95. The molecular weight excluding hydrogens is 298 g/mol. The number of amides is 1. The molecule has 0 aliphatic rings. The van der Waals surface area contributed by atoms with Crippen LogP contribution >= 0.6 is 0 Å². The molecule has 0 aliphatic carbocycles. The lowest BCUT2D eigenvalue weighted by Gasteiger charge is -2.16. The Morgan fingerprint density at radius 3 is 2.71 bits per heavy atom. The number of hydrogen-bond acceptors (Lipinski definition) is 2. The van der Waals surface area contributed by atoms with E-state index < -0.39 is 0 Å². The van der Waals surface area contributed by atoms with Gasteiger partial charge in [-0.25, -0.2) is 0 Å². The van der Waals surface area contributed by atoms with Gasteiger partial charge in [0, 0.05) is 49.0 Å². The molecule has 0 aliphatic heterocycles. The largest absolute Gasteiger partial charge is 0.377 e. The highest BCUT2D eigenvalue weighted by atomic mass is 16.1. The summed E-state index contributed by atoms with van der Waals surface area (Å²) >= 11 is 0. The van der Waals surface area contributed by atoms with Crippen LogP contribution in [0.1, 0.15) is 21.5 Å². The van der Waals surface area contributed by atoms with Gasteiger partial charge >= 0.3 is 0 Å². The molecule has 1 heterocycles. The number of carbonyl (C=O) groups excluding carboxylic acids is 1. The Labute approximate surface area is 142 Å². The molecule has 4 heteroatoms. The van der Waals surface area contributed by atoms with E-state index in [-0.39, 0.29) is 5.91 Å². The topological polar surface area (TPSA) is 48.1 Å². The Morgan fingerprint density at radius 1 is 1.17 bits per heavy atom. The van der Waals surface area contributed by atoms with Gasteiger partial charge in [0.2, 0.25) is 0 Å². The van der Waals surface area contributed by atoms with E-state index in [2.05, 4.69) is 22.4 Å². The molecule has 1 aromatic heterocycles. The molecule has 2 aromatic carbocycles. The van der Waals surface area contributed by atoms with Crippen LogP contribution in [0.15, 0.2) is 48.7 Å². The number of benzene rings is 2. The maximum atomic E-state index is 12.3. The van der Waals surface area contributed by atoms with Gasteiger partial charge in [-0.2, -0.15) is 0 Å². The first-order chi connectivity index (χ1) is 11.6. The zero-order chi connectivity index (χ0) is 17.1. The summed E-state index contributed by atoms with van der Waals surface area (Å²) in [5.41, 5.74) is 5.30. The molecule has 3 rings (SSSR count). The first-order valence-electron chi connectivity index (χ1n) is 8.17. The van der Waals surface area contributed by atoms with Crippen molar-refractivity contribution >= 4 is 22.5 Å². The van der Waals surface area contributed by atoms with Crippen molar-refractivity contribution < 1.29 is 4.79 Å². The molecule has 2 N–H and O–H groups in total. The van der Waals surface area contributed by atoms with Crippen molar-refractivity contribution in [1.82, 2.24) is 10.3 Å². The third kappa shape index (κ3) is 3.27. The molecule has 0 radical (unpaired) electrons. The fraction of sp³-hybridized carbons (Fsp3) is 0.250. The number of aromatic amines is 1. The zero-order valence-corrected chi connectivity index (χ0v) is 14.4. The Balaban J connectivity index is 1.62. The highest BCUT2D eigenvalue weighted by Crippen LogP contribution is 2.19. The molecule has 24 heavy (non-hydrogen) atoms. The van der Waals surface area contributed by atoms with Crippen LogP contribution in [0, 0.1) is 6.92 Å². The summed E-state index contributed by atoms with van der Waals surface area (Å²) in [5, 5.41) is 4.23. The molecule has 0 atom stereocenters. The quantitative estimate of drug-likeness (QED) is 0.755. The van der Waals surface area contributed by atoms with Crippen LogP contribution in [0.5, 0.6) is 0 Å². The first kappa shape index (κ1) is 16.1. The van der Waals surface area contributed by atoms with Gasteiger partial charge in [0.15, 0.2) is 0 Å². The van der Waals surface area contributed by atoms with Crippen molar-refractivity contribution in [2.45, 2.75) is 13.3 Å². The number of carbonyl (C=O) groups is 1. The minimum absolute atomic E-state index is 0.0248. The second kappa shape index (κ2) is 6.79. The van der Waals surface area contributed by atoms with E-state index in [1.54, 1.807) is 0 Å². The van der Waals surface area contributed by atoms with E-state index in [0.29, 0.717) is 12.1 Å². The smallest absolute Gasteiger partial charge is 0.251 e. The molecule has 0 spiro atoms. The number of anilines is 1.